The minimum atomic E-state index is -2.94. The smallest absolute Gasteiger partial charge is 0.293 e. The van der Waals surface area contributed by atoms with Crippen molar-refractivity contribution in [2.75, 3.05) is 16.8 Å². The molecule has 2 fully saturated rings. The number of anilines is 1. The van der Waals surface area contributed by atoms with Gasteiger partial charge in [-0.1, -0.05) is 0 Å². The van der Waals surface area contributed by atoms with Gasteiger partial charge in [0.05, 0.1) is 11.5 Å². The van der Waals surface area contributed by atoms with Crippen LogP contribution in [-0.4, -0.2) is 35.5 Å². The van der Waals surface area contributed by atoms with Crippen molar-refractivity contribution >= 4 is 15.7 Å². The van der Waals surface area contributed by atoms with E-state index in [1.165, 1.54) is 0 Å². The van der Waals surface area contributed by atoms with Gasteiger partial charge in [0.1, 0.15) is 0 Å². The monoisotopic (exact) mass is 269 g/mol. The van der Waals surface area contributed by atoms with E-state index >= 15 is 0 Å². The lowest BCUT2D eigenvalue weighted by molar-refractivity contribution is 0.602. The first-order chi connectivity index (χ1) is 8.55. The molecular weight excluding hydrogens is 254 g/mol. The maximum absolute atomic E-state index is 12.1. The van der Waals surface area contributed by atoms with Gasteiger partial charge in [-0.25, -0.2) is 13.4 Å². The summed E-state index contributed by atoms with van der Waals surface area (Å²) in [6.07, 6.45) is 5.88. The molecule has 1 aliphatic carbocycles. The van der Waals surface area contributed by atoms with Crippen LogP contribution in [0.25, 0.3) is 0 Å². The average molecular weight is 269 g/mol. The third-order valence-corrected chi connectivity index (χ3v) is 5.15. The molecule has 1 aromatic rings. The number of nitrogens with one attached hydrogen (secondary N) is 1. The van der Waals surface area contributed by atoms with Crippen LogP contribution in [0.2, 0.25) is 0 Å². The lowest BCUT2D eigenvalue weighted by Crippen LogP contribution is -2.29. The summed E-state index contributed by atoms with van der Waals surface area (Å²) in [4.78, 5) is 16.1. The maximum Gasteiger partial charge on any atom is 0.293 e. The molecule has 1 saturated carbocycles. The Morgan fingerprint density at radius 1 is 1.33 bits per heavy atom. The van der Waals surface area contributed by atoms with Crippen LogP contribution in [0.5, 0.6) is 0 Å². The molecule has 0 spiro atoms. The topological polar surface area (TPSA) is 81.1 Å². The first kappa shape index (κ1) is 11.7. The van der Waals surface area contributed by atoms with E-state index in [0.29, 0.717) is 12.5 Å². The Morgan fingerprint density at radius 2 is 2.11 bits per heavy atom. The molecule has 1 saturated heterocycles. The molecule has 1 unspecified atom stereocenters. The van der Waals surface area contributed by atoms with Gasteiger partial charge in [-0.05, 0) is 19.3 Å². The van der Waals surface area contributed by atoms with Gasteiger partial charge in [-0.3, -0.25) is 4.79 Å². The van der Waals surface area contributed by atoms with Gasteiger partial charge in [0.2, 0.25) is 0 Å². The molecule has 0 radical (unpaired) electrons. The van der Waals surface area contributed by atoms with E-state index in [1.807, 2.05) is 0 Å². The van der Waals surface area contributed by atoms with Crippen LogP contribution in [0.4, 0.5) is 5.82 Å². The van der Waals surface area contributed by atoms with E-state index in [-0.39, 0.29) is 28.9 Å². The summed E-state index contributed by atoms with van der Waals surface area (Å²) < 4.78 is 24.4. The fraction of sp³-hybridized carbons (Fsp3) is 0.636. The minimum Gasteiger partial charge on any atom is -0.362 e. The lowest BCUT2D eigenvalue weighted by Gasteiger charge is -2.12. The van der Waals surface area contributed by atoms with Crippen molar-refractivity contribution in [3.63, 3.8) is 0 Å². The molecule has 2 aliphatic rings. The van der Waals surface area contributed by atoms with Crippen molar-refractivity contribution in [2.45, 2.75) is 31.3 Å². The summed E-state index contributed by atoms with van der Waals surface area (Å²) in [5.74, 6) is 0.548. The summed E-state index contributed by atoms with van der Waals surface area (Å²) in [5.41, 5.74) is -0.149. The number of rotatable bonds is 3. The number of nitrogens with zero attached hydrogens (tertiary/aromatic N) is 2. The van der Waals surface area contributed by atoms with Gasteiger partial charge in [0.15, 0.2) is 15.7 Å². The van der Waals surface area contributed by atoms with Gasteiger partial charge < -0.3 is 9.88 Å². The van der Waals surface area contributed by atoms with Gasteiger partial charge in [-0.2, -0.15) is 0 Å². The van der Waals surface area contributed by atoms with Gasteiger partial charge in [0, 0.05) is 24.5 Å². The molecule has 98 valence electrons. The molecule has 0 amide bonds. The first-order valence-corrected chi connectivity index (χ1v) is 7.91. The number of hydrogen-bond donors (Lipinski definition) is 1. The lowest BCUT2D eigenvalue weighted by atomic mass is 10.3. The molecule has 1 aromatic heterocycles. The third-order valence-electron chi connectivity index (χ3n) is 3.38. The van der Waals surface area contributed by atoms with Crippen LogP contribution in [0.3, 0.4) is 0 Å². The van der Waals surface area contributed by atoms with Gasteiger partial charge in [-0.15, -0.1) is 0 Å². The molecular formula is C11H15N3O3S. The van der Waals surface area contributed by atoms with Crippen LogP contribution < -0.4 is 10.9 Å². The van der Waals surface area contributed by atoms with E-state index in [1.54, 1.807) is 17.0 Å². The van der Waals surface area contributed by atoms with Crippen LogP contribution in [-0.2, 0) is 9.84 Å². The minimum absolute atomic E-state index is 0.0897. The zero-order valence-corrected chi connectivity index (χ0v) is 10.7. The van der Waals surface area contributed by atoms with Crippen molar-refractivity contribution < 1.29 is 8.42 Å². The van der Waals surface area contributed by atoms with E-state index in [9.17, 15) is 13.2 Å². The Kier molecular flexibility index (Phi) is 2.65. The van der Waals surface area contributed by atoms with Crippen LogP contribution in [0, 0.1) is 0 Å². The summed E-state index contributed by atoms with van der Waals surface area (Å²) in [5, 5.41) is 2.96. The van der Waals surface area contributed by atoms with Crippen LogP contribution >= 0.6 is 0 Å². The summed E-state index contributed by atoms with van der Waals surface area (Å²) in [7, 11) is -2.94. The molecule has 6 nitrogen and oxygen atoms in total. The Bertz CT molecular complexity index is 619. The molecule has 7 heteroatoms. The Morgan fingerprint density at radius 3 is 2.72 bits per heavy atom. The molecule has 1 N–H and O–H groups in total. The van der Waals surface area contributed by atoms with E-state index < -0.39 is 9.84 Å². The fourth-order valence-corrected chi connectivity index (χ4v) is 3.94. The maximum atomic E-state index is 12.1. The van der Waals surface area contributed by atoms with E-state index in [0.717, 1.165) is 12.8 Å². The molecule has 1 atom stereocenters. The zero-order valence-electron chi connectivity index (χ0n) is 9.87. The summed E-state index contributed by atoms with van der Waals surface area (Å²) in [6, 6.07) is 0.110. The highest BCUT2D eigenvalue weighted by atomic mass is 32.2. The van der Waals surface area contributed by atoms with Crippen molar-refractivity contribution in [3.8, 4) is 0 Å². The molecule has 2 heterocycles. The zero-order chi connectivity index (χ0) is 12.8. The Balaban J connectivity index is 1.81. The van der Waals surface area contributed by atoms with Crippen LogP contribution in [0.15, 0.2) is 17.2 Å². The highest BCUT2D eigenvalue weighted by Gasteiger charge is 2.30. The summed E-state index contributed by atoms with van der Waals surface area (Å²) in [6.45, 7) is 0. The van der Waals surface area contributed by atoms with Crippen molar-refractivity contribution in [2.24, 2.45) is 0 Å². The average Bonchev–Trinajstić information content (AvgIpc) is 3.08. The van der Waals surface area contributed by atoms with Gasteiger partial charge >= 0.3 is 0 Å². The molecule has 18 heavy (non-hydrogen) atoms. The quantitative estimate of drug-likeness (QED) is 0.846. The number of sulfone groups is 1. The second-order valence-corrected chi connectivity index (χ2v) is 7.19. The number of aromatic nitrogens is 2. The van der Waals surface area contributed by atoms with Crippen molar-refractivity contribution in [1.29, 1.82) is 0 Å². The molecule has 0 aromatic carbocycles. The Labute approximate surface area is 105 Å². The predicted molar refractivity (Wildman–Crippen MR) is 67.4 cm³/mol. The standard InChI is InChI=1S/C11H15N3O3S/c15-11-10(12-4-5-14(11)9-1-2-9)13-8-3-6-18(16,17)7-8/h4-5,8-9H,1-3,6-7H2,(H,12,13). The highest BCUT2D eigenvalue weighted by Crippen LogP contribution is 2.33. The van der Waals surface area contributed by atoms with E-state index in [4.69, 9.17) is 0 Å². The predicted octanol–water partition coefficient (Wildman–Crippen LogP) is 0.177. The molecule has 1 aliphatic heterocycles. The third kappa shape index (κ3) is 2.27. The molecule has 3 rings (SSSR count). The molecule has 0 bridgehead atoms. The van der Waals surface area contributed by atoms with Crippen molar-refractivity contribution in [1.82, 2.24) is 9.55 Å². The normalized spacial score (nSPS) is 26.1. The highest BCUT2D eigenvalue weighted by molar-refractivity contribution is 7.91. The first-order valence-electron chi connectivity index (χ1n) is 6.09. The number of hydrogen-bond acceptors (Lipinski definition) is 5. The SMILES string of the molecule is O=c1c(NC2CCS(=O)(=O)C2)nccn1C1CC1. The second-order valence-electron chi connectivity index (χ2n) is 4.96. The Hall–Kier alpha value is -1.37. The van der Waals surface area contributed by atoms with Crippen LogP contribution in [0.1, 0.15) is 25.3 Å². The van der Waals surface area contributed by atoms with Gasteiger partial charge in [0.25, 0.3) is 5.56 Å². The largest absolute Gasteiger partial charge is 0.362 e. The van der Waals surface area contributed by atoms with Crippen molar-refractivity contribution in [3.05, 3.63) is 22.7 Å². The second kappa shape index (κ2) is 4.08. The summed E-state index contributed by atoms with van der Waals surface area (Å²) >= 11 is 0. The van der Waals surface area contributed by atoms with E-state index in [2.05, 4.69) is 10.3 Å². The fourth-order valence-electron chi connectivity index (χ4n) is 2.27.